The Kier molecular flexibility index (Phi) is 6.05. The average molecular weight is 394 g/mol. The van der Waals surface area contributed by atoms with Crippen molar-refractivity contribution in [2.24, 2.45) is 0 Å². The van der Waals surface area contributed by atoms with Gasteiger partial charge in [0.15, 0.2) is 6.61 Å². The number of anilines is 2. The van der Waals surface area contributed by atoms with Crippen LogP contribution in [0.25, 0.3) is 0 Å². The van der Waals surface area contributed by atoms with E-state index in [0.29, 0.717) is 0 Å². The van der Waals surface area contributed by atoms with E-state index in [0.717, 1.165) is 62.6 Å². The Morgan fingerprint density at radius 1 is 1.03 bits per heavy atom. The second-order valence-electron chi connectivity index (χ2n) is 8.04. The van der Waals surface area contributed by atoms with E-state index in [-0.39, 0.29) is 12.5 Å². The number of fused-ring (bicyclic) bond motifs is 1. The number of hydrogen-bond donors (Lipinski definition) is 1. The lowest BCUT2D eigenvalue weighted by atomic mass is 10.1. The number of benzene rings is 2. The Labute approximate surface area is 173 Å². The van der Waals surface area contributed by atoms with Gasteiger partial charge in [0.1, 0.15) is 5.75 Å². The van der Waals surface area contributed by atoms with E-state index in [1.165, 1.54) is 23.2 Å². The number of amides is 1. The molecule has 1 aliphatic heterocycles. The predicted octanol–water partition coefficient (Wildman–Crippen LogP) is 3.64. The zero-order valence-electron chi connectivity index (χ0n) is 17.5. The van der Waals surface area contributed by atoms with Crippen LogP contribution in [0, 0.1) is 6.92 Å². The molecule has 2 aliphatic rings. The van der Waals surface area contributed by atoms with E-state index in [4.69, 9.17) is 4.74 Å². The first-order valence-electron chi connectivity index (χ1n) is 10.7. The SMILES string of the molecule is CCN1CCN(c2ccc(NC(=O)COc3ccc4c(c3)CCC4)c(C)c2)CC1. The molecule has 0 saturated carbocycles. The summed E-state index contributed by atoms with van der Waals surface area (Å²) in [7, 11) is 0. The van der Waals surface area contributed by atoms with Gasteiger partial charge in [-0.15, -0.1) is 0 Å². The van der Waals surface area contributed by atoms with Crippen LogP contribution < -0.4 is 15.0 Å². The monoisotopic (exact) mass is 393 g/mol. The fourth-order valence-corrected chi connectivity index (χ4v) is 4.28. The second-order valence-corrected chi connectivity index (χ2v) is 8.04. The number of carbonyl (C=O) groups excluding carboxylic acids is 1. The third kappa shape index (κ3) is 4.73. The number of likely N-dealkylation sites (N-methyl/N-ethyl adjacent to an activating group) is 1. The van der Waals surface area contributed by atoms with Crippen LogP contribution in [0.5, 0.6) is 5.75 Å². The number of nitrogens with one attached hydrogen (secondary N) is 1. The highest BCUT2D eigenvalue weighted by Crippen LogP contribution is 2.26. The Hall–Kier alpha value is -2.53. The van der Waals surface area contributed by atoms with Crippen LogP contribution in [0.3, 0.4) is 0 Å². The van der Waals surface area contributed by atoms with Gasteiger partial charge >= 0.3 is 0 Å². The molecule has 1 fully saturated rings. The predicted molar refractivity (Wildman–Crippen MR) is 118 cm³/mol. The number of hydrogen-bond acceptors (Lipinski definition) is 4. The van der Waals surface area contributed by atoms with Gasteiger partial charge in [-0.05, 0) is 79.8 Å². The van der Waals surface area contributed by atoms with Crippen molar-refractivity contribution in [2.45, 2.75) is 33.1 Å². The quantitative estimate of drug-likeness (QED) is 0.814. The van der Waals surface area contributed by atoms with Crippen molar-refractivity contribution in [2.75, 3.05) is 49.5 Å². The molecular formula is C24H31N3O2. The molecule has 0 radical (unpaired) electrons. The molecule has 2 aromatic rings. The van der Waals surface area contributed by atoms with Crippen LogP contribution in [0.2, 0.25) is 0 Å². The Balaban J connectivity index is 1.31. The fourth-order valence-electron chi connectivity index (χ4n) is 4.28. The fraction of sp³-hybridized carbons (Fsp3) is 0.458. The molecule has 5 heteroatoms. The topological polar surface area (TPSA) is 44.8 Å². The number of aryl methyl sites for hydroxylation is 3. The molecule has 29 heavy (non-hydrogen) atoms. The van der Waals surface area contributed by atoms with Crippen molar-refractivity contribution in [3.63, 3.8) is 0 Å². The highest BCUT2D eigenvalue weighted by molar-refractivity contribution is 5.92. The van der Waals surface area contributed by atoms with Crippen LogP contribution >= 0.6 is 0 Å². The summed E-state index contributed by atoms with van der Waals surface area (Å²) in [5.74, 6) is 0.650. The maximum absolute atomic E-state index is 12.4. The summed E-state index contributed by atoms with van der Waals surface area (Å²) in [5, 5.41) is 2.99. The average Bonchev–Trinajstić information content (AvgIpc) is 3.22. The number of ether oxygens (including phenoxy) is 1. The van der Waals surface area contributed by atoms with Crippen molar-refractivity contribution < 1.29 is 9.53 Å². The van der Waals surface area contributed by atoms with Crippen LogP contribution in [-0.2, 0) is 17.6 Å². The van der Waals surface area contributed by atoms with Gasteiger partial charge < -0.3 is 19.9 Å². The largest absolute Gasteiger partial charge is 0.484 e. The van der Waals surface area contributed by atoms with Gasteiger partial charge in [0.25, 0.3) is 5.91 Å². The summed E-state index contributed by atoms with van der Waals surface area (Å²) in [6.07, 6.45) is 3.47. The number of piperazine rings is 1. The number of carbonyl (C=O) groups is 1. The summed E-state index contributed by atoms with van der Waals surface area (Å²) >= 11 is 0. The first-order chi connectivity index (χ1) is 14.1. The van der Waals surface area contributed by atoms with Crippen LogP contribution in [0.4, 0.5) is 11.4 Å². The van der Waals surface area contributed by atoms with E-state index < -0.39 is 0 Å². The van der Waals surface area contributed by atoms with Crippen molar-refractivity contribution in [1.29, 1.82) is 0 Å². The maximum atomic E-state index is 12.4. The highest BCUT2D eigenvalue weighted by Gasteiger charge is 2.17. The summed E-state index contributed by atoms with van der Waals surface area (Å²) in [4.78, 5) is 17.3. The molecule has 5 nitrogen and oxygen atoms in total. The molecule has 1 saturated heterocycles. The molecule has 1 amide bonds. The lowest BCUT2D eigenvalue weighted by Crippen LogP contribution is -2.46. The van der Waals surface area contributed by atoms with E-state index in [1.54, 1.807) is 0 Å². The zero-order chi connectivity index (χ0) is 20.2. The van der Waals surface area contributed by atoms with Crippen molar-refractivity contribution >= 4 is 17.3 Å². The van der Waals surface area contributed by atoms with Crippen molar-refractivity contribution in [3.05, 3.63) is 53.1 Å². The van der Waals surface area contributed by atoms with E-state index in [9.17, 15) is 4.79 Å². The normalized spacial score (nSPS) is 16.6. The molecule has 1 heterocycles. The molecule has 1 N–H and O–H groups in total. The molecule has 0 bridgehead atoms. The minimum atomic E-state index is -0.127. The summed E-state index contributed by atoms with van der Waals surface area (Å²) in [6, 6.07) is 12.4. The van der Waals surface area contributed by atoms with Gasteiger partial charge in [-0.1, -0.05) is 13.0 Å². The van der Waals surface area contributed by atoms with Gasteiger partial charge in [-0.2, -0.15) is 0 Å². The lowest BCUT2D eigenvalue weighted by molar-refractivity contribution is -0.118. The summed E-state index contributed by atoms with van der Waals surface area (Å²) in [5.41, 5.74) is 5.92. The molecule has 154 valence electrons. The van der Waals surface area contributed by atoms with Crippen molar-refractivity contribution in [3.8, 4) is 5.75 Å². The third-order valence-corrected chi connectivity index (χ3v) is 6.11. The zero-order valence-corrected chi connectivity index (χ0v) is 17.5. The van der Waals surface area contributed by atoms with Crippen LogP contribution in [0.15, 0.2) is 36.4 Å². The minimum absolute atomic E-state index is 0.0267. The maximum Gasteiger partial charge on any atom is 0.262 e. The second kappa shape index (κ2) is 8.87. The van der Waals surface area contributed by atoms with E-state index in [1.807, 2.05) is 19.1 Å². The number of rotatable bonds is 6. The third-order valence-electron chi connectivity index (χ3n) is 6.11. The van der Waals surface area contributed by atoms with E-state index in [2.05, 4.69) is 46.3 Å². The van der Waals surface area contributed by atoms with E-state index >= 15 is 0 Å². The first-order valence-corrected chi connectivity index (χ1v) is 10.7. The van der Waals surface area contributed by atoms with Gasteiger partial charge in [0.05, 0.1) is 0 Å². The lowest BCUT2D eigenvalue weighted by Gasteiger charge is -2.35. The minimum Gasteiger partial charge on any atom is -0.484 e. The Morgan fingerprint density at radius 2 is 1.83 bits per heavy atom. The smallest absolute Gasteiger partial charge is 0.262 e. The highest BCUT2D eigenvalue weighted by atomic mass is 16.5. The standard InChI is InChI=1S/C24H31N3O2/c1-3-26-11-13-27(14-12-26)21-8-10-23(18(2)15-21)25-24(28)17-29-22-9-7-19-5-4-6-20(19)16-22/h7-10,15-16H,3-6,11-14,17H2,1-2H3,(H,25,28). The molecule has 4 rings (SSSR count). The van der Waals surface area contributed by atoms with Gasteiger partial charge in [-0.3, -0.25) is 4.79 Å². The Bertz CT molecular complexity index is 872. The molecule has 0 spiro atoms. The van der Waals surface area contributed by atoms with Gasteiger partial charge in [0.2, 0.25) is 0 Å². The molecule has 0 aromatic heterocycles. The molecule has 1 aliphatic carbocycles. The molecule has 0 atom stereocenters. The first kappa shape index (κ1) is 19.8. The molecular weight excluding hydrogens is 362 g/mol. The Morgan fingerprint density at radius 3 is 2.59 bits per heavy atom. The van der Waals surface area contributed by atoms with Crippen LogP contribution in [-0.4, -0.2) is 50.1 Å². The van der Waals surface area contributed by atoms with Gasteiger partial charge in [-0.25, -0.2) is 0 Å². The number of nitrogens with zero attached hydrogens (tertiary/aromatic N) is 2. The van der Waals surface area contributed by atoms with Crippen LogP contribution in [0.1, 0.15) is 30.0 Å². The van der Waals surface area contributed by atoms with Gasteiger partial charge in [0, 0.05) is 37.6 Å². The summed E-state index contributed by atoms with van der Waals surface area (Å²) < 4.78 is 5.72. The molecule has 2 aromatic carbocycles. The molecule has 0 unspecified atom stereocenters. The van der Waals surface area contributed by atoms with Crippen molar-refractivity contribution in [1.82, 2.24) is 4.90 Å². The summed E-state index contributed by atoms with van der Waals surface area (Å²) in [6.45, 7) is 9.71.